The van der Waals surface area contributed by atoms with Crippen LogP contribution >= 0.6 is 11.6 Å². The van der Waals surface area contributed by atoms with E-state index in [9.17, 15) is 0 Å². The number of anilines is 1. The summed E-state index contributed by atoms with van der Waals surface area (Å²) in [6.45, 7) is 2.06. The summed E-state index contributed by atoms with van der Waals surface area (Å²) >= 11 is 5.97. The van der Waals surface area contributed by atoms with Gasteiger partial charge in [0.1, 0.15) is 11.5 Å². The number of benzene rings is 2. The second kappa shape index (κ2) is 6.06. The number of aromatic nitrogens is 2. The number of nitrogens with two attached hydrogens (primary N) is 2. The van der Waals surface area contributed by atoms with Gasteiger partial charge < -0.3 is 15.2 Å². The van der Waals surface area contributed by atoms with E-state index in [1.54, 1.807) is 30.5 Å². The topological polar surface area (TPSA) is 96.3 Å². The Morgan fingerprint density at radius 3 is 2.92 bits per heavy atom. The van der Waals surface area contributed by atoms with Crippen molar-refractivity contribution in [3.05, 3.63) is 47.1 Å². The second-order valence-electron chi connectivity index (χ2n) is 5.95. The SMILES string of the molecule is CCC1c2c(N)cc3nc(Oc4cccc(Cl)c4)ncc3c2OC1N. The van der Waals surface area contributed by atoms with Crippen molar-refractivity contribution in [2.45, 2.75) is 25.5 Å². The lowest BCUT2D eigenvalue weighted by Crippen LogP contribution is -2.28. The van der Waals surface area contributed by atoms with E-state index >= 15 is 0 Å². The molecule has 25 heavy (non-hydrogen) atoms. The van der Waals surface area contributed by atoms with Gasteiger partial charge in [-0.2, -0.15) is 4.98 Å². The van der Waals surface area contributed by atoms with E-state index in [1.807, 2.05) is 6.07 Å². The van der Waals surface area contributed by atoms with Crippen LogP contribution < -0.4 is 20.9 Å². The van der Waals surface area contributed by atoms with E-state index < -0.39 is 6.23 Å². The van der Waals surface area contributed by atoms with E-state index in [1.165, 1.54) is 0 Å². The molecule has 2 atom stereocenters. The standard InChI is InChI=1S/C18H17ClN4O2/c1-2-11-15-13(20)7-14-12(16(15)25-17(11)21)8-22-18(23-14)24-10-5-3-4-9(19)6-10/h3-8,11,17H,2,20-21H2,1H3. The Balaban J connectivity index is 1.77. The molecule has 0 amide bonds. The first-order valence-electron chi connectivity index (χ1n) is 8.01. The first-order chi connectivity index (χ1) is 12.1. The molecule has 0 saturated heterocycles. The van der Waals surface area contributed by atoms with Gasteiger partial charge in [-0.1, -0.05) is 24.6 Å². The monoisotopic (exact) mass is 356 g/mol. The van der Waals surface area contributed by atoms with Crippen LogP contribution in [0.15, 0.2) is 36.5 Å². The molecule has 7 heteroatoms. The summed E-state index contributed by atoms with van der Waals surface area (Å²) in [4.78, 5) is 8.71. The highest BCUT2D eigenvalue weighted by atomic mass is 35.5. The predicted octanol–water partition coefficient (Wildman–Crippen LogP) is 3.83. The number of rotatable bonds is 3. The fraction of sp³-hybridized carbons (Fsp3) is 0.222. The van der Waals surface area contributed by atoms with Crippen LogP contribution in [-0.4, -0.2) is 16.2 Å². The fourth-order valence-corrected chi connectivity index (χ4v) is 3.36. The van der Waals surface area contributed by atoms with E-state index in [0.29, 0.717) is 27.7 Å². The third-order valence-corrected chi connectivity index (χ3v) is 4.59. The molecule has 128 valence electrons. The van der Waals surface area contributed by atoms with Crippen LogP contribution in [0, 0.1) is 0 Å². The minimum atomic E-state index is -0.407. The molecule has 1 aromatic heterocycles. The van der Waals surface area contributed by atoms with E-state index in [2.05, 4.69) is 16.9 Å². The zero-order valence-corrected chi connectivity index (χ0v) is 14.3. The van der Waals surface area contributed by atoms with Crippen molar-refractivity contribution < 1.29 is 9.47 Å². The molecular weight excluding hydrogens is 340 g/mol. The molecule has 0 bridgehead atoms. The maximum Gasteiger partial charge on any atom is 0.322 e. The Bertz CT molecular complexity index is 963. The maximum atomic E-state index is 6.23. The molecule has 0 saturated carbocycles. The van der Waals surface area contributed by atoms with Gasteiger partial charge in [-0.3, -0.25) is 5.73 Å². The van der Waals surface area contributed by atoms with Crippen LogP contribution in [0.4, 0.5) is 5.69 Å². The van der Waals surface area contributed by atoms with Crippen molar-refractivity contribution in [1.29, 1.82) is 0 Å². The summed E-state index contributed by atoms with van der Waals surface area (Å²) < 4.78 is 11.5. The fourth-order valence-electron chi connectivity index (χ4n) is 3.18. The average Bonchev–Trinajstić information content (AvgIpc) is 2.91. The van der Waals surface area contributed by atoms with Gasteiger partial charge in [0.15, 0.2) is 6.23 Å². The van der Waals surface area contributed by atoms with E-state index in [-0.39, 0.29) is 11.9 Å². The van der Waals surface area contributed by atoms with Crippen LogP contribution in [0.5, 0.6) is 17.5 Å². The molecule has 1 aliphatic rings. The van der Waals surface area contributed by atoms with Crippen molar-refractivity contribution in [3.63, 3.8) is 0 Å². The quantitative estimate of drug-likeness (QED) is 0.692. The summed E-state index contributed by atoms with van der Waals surface area (Å²) in [7, 11) is 0. The van der Waals surface area contributed by atoms with Crippen LogP contribution in [0.2, 0.25) is 5.02 Å². The number of fused-ring (bicyclic) bond motifs is 3. The van der Waals surface area contributed by atoms with Crippen LogP contribution in [0.3, 0.4) is 0 Å². The number of halogens is 1. The molecule has 2 unspecified atom stereocenters. The third kappa shape index (κ3) is 2.73. The zero-order chi connectivity index (χ0) is 17.6. The molecule has 0 radical (unpaired) electrons. The van der Waals surface area contributed by atoms with Gasteiger partial charge in [0.25, 0.3) is 0 Å². The molecule has 2 heterocycles. The Kier molecular flexibility index (Phi) is 3.86. The van der Waals surface area contributed by atoms with Gasteiger partial charge in [-0.15, -0.1) is 0 Å². The predicted molar refractivity (Wildman–Crippen MR) is 97.1 cm³/mol. The molecule has 0 spiro atoms. The van der Waals surface area contributed by atoms with Gasteiger partial charge >= 0.3 is 6.01 Å². The lowest BCUT2D eigenvalue weighted by molar-refractivity contribution is 0.213. The van der Waals surface area contributed by atoms with Crippen molar-refractivity contribution in [2.75, 3.05) is 5.73 Å². The van der Waals surface area contributed by atoms with Gasteiger partial charge in [-0.05, 0) is 30.7 Å². The highest BCUT2D eigenvalue weighted by Gasteiger charge is 2.34. The van der Waals surface area contributed by atoms with Crippen LogP contribution in [-0.2, 0) is 0 Å². The van der Waals surface area contributed by atoms with E-state index in [4.69, 9.17) is 32.5 Å². The summed E-state index contributed by atoms with van der Waals surface area (Å²) in [5.74, 6) is 1.30. The molecule has 3 aromatic rings. The second-order valence-corrected chi connectivity index (χ2v) is 6.39. The molecule has 2 aromatic carbocycles. The molecular formula is C18H17ClN4O2. The average molecular weight is 357 g/mol. The van der Waals surface area contributed by atoms with Gasteiger partial charge in [0.05, 0.1) is 10.9 Å². The lowest BCUT2D eigenvalue weighted by Gasteiger charge is -2.12. The summed E-state index contributed by atoms with van der Waals surface area (Å²) in [6, 6.07) is 9.06. The van der Waals surface area contributed by atoms with Crippen molar-refractivity contribution >= 4 is 28.2 Å². The lowest BCUT2D eigenvalue weighted by atomic mass is 9.94. The molecule has 0 aliphatic carbocycles. The summed E-state index contributed by atoms with van der Waals surface area (Å²) in [5, 5.41) is 1.35. The molecule has 4 rings (SSSR count). The molecule has 6 nitrogen and oxygen atoms in total. The van der Waals surface area contributed by atoms with Gasteiger partial charge in [-0.25, -0.2) is 4.98 Å². The summed E-state index contributed by atoms with van der Waals surface area (Å²) in [6.07, 6.45) is 2.11. The normalized spacial score (nSPS) is 18.8. The van der Waals surface area contributed by atoms with Crippen LogP contribution in [0.25, 0.3) is 10.9 Å². The van der Waals surface area contributed by atoms with Crippen molar-refractivity contribution in [1.82, 2.24) is 9.97 Å². The number of nitrogens with zero attached hydrogens (tertiary/aromatic N) is 2. The Hall–Kier alpha value is -2.57. The number of nitrogen functional groups attached to an aromatic ring is 1. The number of ether oxygens (including phenoxy) is 2. The Morgan fingerprint density at radius 2 is 2.16 bits per heavy atom. The first kappa shape index (κ1) is 15.9. The van der Waals surface area contributed by atoms with Crippen molar-refractivity contribution in [3.8, 4) is 17.5 Å². The Morgan fingerprint density at radius 1 is 1.32 bits per heavy atom. The number of hydrogen-bond acceptors (Lipinski definition) is 6. The maximum absolute atomic E-state index is 6.23. The summed E-state index contributed by atoms with van der Waals surface area (Å²) in [5.41, 5.74) is 14.5. The number of hydrogen-bond donors (Lipinski definition) is 2. The Labute approximate surface area is 149 Å². The zero-order valence-electron chi connectivity index (χ0n) is 13.6. The largest absolute Gasteiger partial charge is 0.474 e. The van der Waals surface area contributed by atoms with Crippen molar-refractivity contribution in [2.24, 2.45) is 5.73 Å². The molecule has 4 N–H and O–H groups in total. The van der Waals surface area contributed by atoms with Crippen LogP contribution in [0.1, 0.15) is 24.8 Å². The van der Waals surface area contributed by atoms with Gasteiger partial charge in [0.2, 0.25) is 0 Å². The highest BCUT2D eigenvalue weighted by molar-refractivity contribution is 6.30. The first-order valence-corrected chi connectivity index (χ1v) is 8.39. The highest BCUT2D eigenvalue weighted by Crippen LogP contribution is 2.46. The van der Waals surface area contributed by atoms with E-state index in [0.717, 1.165) is 17.4 Å². The third-order valence-electron chi connectivity index (χ3n) is 4.35. The van der Waals surface area contributed by atoms with Gasteiger partial charge in [0, 0.05) is 28.4 Å². The minimum absolute atomic E-state index is 0.0711. The minimum Gasteiger partial charge on any atom is -0.474 e. The smallest absolute Gasteiger partial charge is 0.322 e. The molecule has 1 aliphatic heterocycles. The molecule has 0 fully saturated rings.